The molecule has 0 radical (unpaired) electrons. The van der Waals surface area contributed by atoms with E-state index in [9.17, 15) is 8.42 Å². The predicted octanol–water partition coefficient (Wildman–Crippen LogP) is 2.92. The lowest BCUT2D eigenvalue weighted by Gasteiger charge is -2.13. The molecule has 106 valence electrons. The summed E-state index contributed by atoms with van der Waals surface area (Å²) in [5.74, 6) is 0. The van der Waals surface area contributed by atoms with Crippen LogP contribution in [0.25, 0.3) is 0 Å². The Balaban J connectivity index is 2.39. The van der Waals surface area contributed by atoms with Gasteiger partial charge in [0.1, 0.15) is 4.90 Å². The maximum Gasteiger partial charge on any atom is 0.265 e. The molecule has 0 spiro atoms. The highest BCUT2D eigenvalue weighted by atomic mass is 127. The van der Waals surface area contributed by atoms with E-state index in [1.54, 1.807) is 24.4 Å². The first-order valence-electron chi connectivity index (χ1n) is 6.00. The third-order valence-electron chi connectivity index (χ3n) is 2.56. The van der Waals surface area contributed by atoms with Crippen LogP contribution in [0.4, 0.5) is 11.4 Å². The molecule has 0 saturated carbocycles. The molecule has 2 N–H and O–H groups in total. The predicted molar refractivity (Wildman–Crippen MR) is 88.4 cm³/mol. The van der Waals surface area contributed by atoms with Gasteiger partial charge in [0.05, 0.1) is 11.4 Å². The number of anilines is 2. The molecule has 0 unspecified atom stereocenters. The van der Waals surface area contributed by atoms with Crippen LogP contribution in [0.5, 0.6) is 0 Å². The Hall–Kier alpha value is -1.35. The van der Waals surface area contributed by atoms with Crippen LogP contribution < -0.4 is 10.0 Å². The van der Waals surface area contributed by atoms with Crippen LogP contribution in [-0.2, 0) is 10.0 Å². The van der Waals surface area contributed by atoms with Gasteiger partial charge in [0.15, 0.2) is 0 Å². The second kappa shape index (κ2) is 6.40. The van der Waals surface area contributed by atoms with Crippen molar-refractivity contribution in [2.45, 2.75) is 11.8 Å². The van der Waals surface area contributed by atoms with E-state index in [0.717, 1.165) is 3.57 Å². The number of para-hydroxylation sites is 1. The van der Waals surface area contributed by atoms with E-state index >= 15 is 0 Å². The number of hydrogen-bond acceptors (Lipinski definition) is 4. The highest BCUT2D eigenvalue weighted by Crippen LogP contribution is 2.25. The Bertz CT molecular complexity index is 704. The Morgan fingerprint density at radius 1 is 1.20 bits per heavy atom. The summed E-state index contributed by atoms with van der Waals surface area (Å²) in [6.07, 6.45) is 2.90. The van der Waals surface area contributed by atoms with Gasteiger partial charge in [-0.05, 0) is 47.7 Å². The summed E-state index contributed by atoms with van der Waals surface area (Å²) in [7, 11) is -3.67. The van der Waals surface area contributed by atoms with Gasteiger partial charge in [0, 0.05) is 22.5 Å². The third-order valence-corrected chi connectivity index (χ3v) is 4.89. The smallest absolute Gasteiger partial charge is 0.265 e. The Labute approximate surface area is 132 Å². The van der Waals surface area contributed by atoms with E-state index in [1.807, 2.05) is 19.1 Å². The zero-order chi connectivity index (χ0) is 14.6. The van der Waals surface area contributed by atoms with Gasteiger partial charge in [0.2, 0.25) is 0 Å². The zero-order valence-electron chi connectivity index (χ0n) is 10.8. The van der Waals surface area contributed by atoms with Gasteiger partial charge >= 0.3 is 0 Å². The van der Waals surface area contributed by atoms with Crippen LogP contribution in [0.1, 0.15) is 6.92 Å². The minimum atomic E-state index is -3.67. The number of rotatable bonds is 5. The topological polar surface area (TPSA) is 71.1 Å². The molecule has 0 fully saturated rings. The van der Waals surface area contributed by atoms with Crippen molar-refractivity contribution in [3.63, 3.8) is 0 Å². The van der Waals surface area contributed by atoms with Crippen LogP contribution >= 0.6 is 22.6 Å². The molecule has 7 heteroatoms. The molecule has 0 aliphatic carbocycles. The Morgan fingerprint density at radius 3 is 2.65 bits per heavy atom. The second-order valence-electron chi connectivity index (χ2n) is 3.99. The molecule has 1 aromatic heterocycles. The maximum atomic E-state index is 12.5. The van der Waals surface area contributed by atoms with E-state index < -0.39 is 10.0 Å². The molecular formula is C13H14IN3O2S. The fraction of sp³-hybridized carbons (Fsp3) is 0.154. The van der Waals surface area contributed by atoms with Crippen molar-refractivity contribution in [3.05, 3.63) is 46.3 Å². The fourth-order valence-corrected chi connectivity index (χ4v) is 3.59. The van der Waals surface area contributed by atoms with E-state index in [0.29, 0.717) is 17.9 Å². The quantitative estimate of drug-likeness (QED) is 0.754. The van der Waals surface area contributed by atoms with Gasteiger partial charge in [-0.3, -0.25) is 9.71 Å². The summed E-state index contributed by atoms with van der Waals surface area (Å²) in [5, 5.41) is 3.02. The molecule has 0 atom stereocenters. The number of halogens is 1. The monoisotopic (exact) mass is 403 g/mol. The number of nitrogens with zero attached hydrogens (tertiary/aromatic N) is 1. The van der Waals surface area contributed by atoms with Gasteiger partial charge < -0.3 is 5.32 Å². The van der Waals surface area contributed by atoms with Crippen molar-refractivity contribution < 1.29 is 8.42 Å². The second-order valence-corrected chi connectivity index (χ2v) is 6.80. The van der Waals surface area contributed by atoms with Crippen molar-refractivity contribution >= 4 is 44.0 Å². The highest BCUT2D eigenvalue weighted by Gasteiger charge is 2.19. The molecular weight excluding hydrogens is 389 g/mol. The molecule has 1 heterocycles. The first kappa shape index (κ1) is 15.0. The van der Waals surface area contributed by atoms with Crippen LogP contribution in [0.15, 0.2) is 47.6 Å². The number of aromatic nitrogens is 1. The Morgan fingerprint density at radius 2 is 1.95 bits per heavy atom. The Kier molecular flexibility index (Phi) is 4.81. The summed E-state index contributed by atoms with van der Waals surface area (Å²) in [6.45, 7) is 2.54. The lowest BCUT2D eigenvalue weighted by Crippen LogP contribution is -2.16. The normalized spacial score (nSPS) is 11.1. The van der Waals surface area contributed by atoms with Crippen molar-refractivity contribution in [2.24, 2.45) is 0 Å². The van der Waals surface area contributed by atoms with Gasteiger partial charge in [-0.1, -0.05) is 12.1 Å². The minimum Gasteiger partial charge on any atom is -0.384 e. The molecule has 0 aliphatic rings. The van der Waals surface area contributed by atoms with Gasteiger partial charge in [-0.15, -0.1) is 0 Å². The van der Waals surface area contributed by atoms with Gasteiger partial charge in [-0.2, -0.15) is 0 Å². The zero-order valence-corrected chi connectivity index (χ0v) is 13.8. The number of nitrogens with one attached hydrogen (secondary N) is 2. The molecule has 0 amide bonds. The fourth-order valence-electron chi connectivity index (χ4n) is 1.67. The molecule has 2 aromatic rings. The van der Waals surface area contributed by atoms with Crippen molar-refractivity contribution in [2.75, 3.05) is 16.6 Å². The average molecular weight is 403 g/mol. The number of benzene rings is 1. The molecule has 5 nitrogen and oxygen atoms in total. The van der Waals surface area contributed by atoms with E-state index in [2.05, 4.69) is 37.6 Å². The summed E-state index contributed by atoms with van der Waals surface area (Å²) in [6, 6.07) is 8.85. The van der Waals surface area contributed by atoms with Gasteiger partial charge in [0.25, 0.3) is 10.0 Å². The lowest BCUT2D eigenvalue weighted by molar-refractivity contribution is 0.601. The summed E-state index contributed by atoms with van der Waals surface area (Å²) in [5.41, 5.74) is 1.10. The highest BCUT2D eigenvalue weighted by molar-refractivity contribution is 14.1. The molecule has 0 aliphatic heterocycles. The van der Waals surface area contributed by atoms with Crippen LogP contribution in [-0.4, -0.2) is 19.9 Å². The van der Waals surface area contributed by atoms with E-state index in [-0.39, 0.29) is 4.90 Å². The van der Waals surface area contributed by atoms with Crippen LogP contribution in [0, 0.1) is 3.57 Å². The lowest BCUT2D eigenvalue weighted by atomic mass is 10.3. The summed E-state index contributed by atoms with van der Waals surface area (Å²) in [4.78, 5) is 4.04. The van der Waals surface area contributed by atoms with Crippen LogP contribution in [0.2, 0.25) is 0 Å². The first-order chi connectivity index (χ1) is 9.54. The van der Waals surface area contributed by atoms with Crippen molar-refractivity contribution in [1.29, 1.82) is 0 Å². The summed E-state index contributed by atoms with van der Waals surface area (Å²) < 4.78 is 28.3. The summed E-state index contributed by atoms with van der Waals surface area (Å²) >= 11 is 2.09. The standard InChI is InChI=1S/C13H14IN3O2S/c1-2-16-12-7-8-15-9-13(12)20(18,19)17-11-6-4-3-5-10(11)14/h3-9,17H,2H2,1H3,(H,15,16). The SMILES string of the molecule is CCNc1ccncc1S(=O)(=O)Nc1ccccc1I. The minimum absolute atomic E-state index is 0.140. The van der Waals surface area contributed by atoms with Gasteiger partial charge in [-0.25, -0.2) is 8.42 Å². The molecule has 0 saturated heterocycles. The number of sulfonamides is 1. The van der Waals surface area contributed by atoms with E-state index in [4.69, 9.17) is 0 Å². The molecule has 0 bridgehead atoms. The molecule has 20 heavy (non-hydrogen) atoms. The molecule has 2 rings (SSSR count). The third kappa shape index (κ3) is 3.40. The van der Waals surface area contributed by atoms with Crippen LogP contribution in [0.3, 0.4) is 0 Å². The van der Waals surface area contributed by atoms with Crippen molar-refractivity contribution in [1.82, 2.24) is 4.98 Å². The van der Waals surface area contributed by atoms with E-state index in [1.165, 1.54) is 6.20 Å². The largest absolute Gasteiger partial charge is 0.384 e. The number of hydrogen-bond donors (Lipinski definition) is 2. The average Bonchev–Trinajstić information content (AvgIpc) is 2.42. The maximum absolute atomic E-state index is 12.5. The van der Waals surface area contributed by atoms with Crippen molar-refractivity contribution in [3.8, 4) is 0 Å². The molecule has 1 aromatic carbocycles. The number of pyridine rings is 1. The first-order valence-corrected chi connectivity index (χ1v) is 8.56.